The van der Waals surface area contributed by atoms with Gasteiger partial charge in [-0.3, -0.25) is 4.79 Å². The van der Waals surface area contributed by atoms with Crippen LogP contribution in [-0.2, 0) is 11.3 Å². The van der Waals surface area contributed by atoms with Crippen LogP contribution in [0.4, 0.5) is 5.69 Å². The Labute approximate surface area is 110 Å². The fourth-order valence-corrected chi connectivity index (χ4v) is 1.49. The Morgan fingerprint density at radius 1 is 1.28 bits per heavy atom. The topological polar surface area (TPSA) is 41.1 Å². The molecule has 100 valence electrons. The standard InChI is InChI=1S/C15H24N2O/c1-5-9-16-11-12-7-6-8-13(10-12)17-14(18)15(2,3)4/h6-8,10,16H,5,9,11H2,1-4H3,(H,17,18). The fraction of sp³-hybridized carbons (Fsp3) is 0.533. The highest BCUT2D eigenvalue weighted by molar-refractivity contribution is 5.94. The zero-order valence-corrected chi connectivity index (χ0v) is 11.8. The predicted molar refractivity (Wildman–Crippen MR) is 76.5 cm³/mol. The first-order chi connectivity index (χ1) is 8.43. The van der Waals surface area contributed by atoms with Crippen LogP contribution in [0.5, 0.6) is 0 Å². The molecule has 0 spiro atoms. The van der Waals surface area contributed by atoms with E-state index >= 15 is 0 Å². The average molecular weight is 248 g/mol. The lowest BCUT2D eigenvalue weighted by Crippen LogP contribution is -2.27. The number of anilines is 1. The second-order valence-electron chi connectivity index (χ2n) is 5.58. The number of rotatable bonds is 5. The molecule has 0 aliphatic rings. The second-order valence-corrected chi connectivity index (χ2v) is 5.58. The van der Waals surface area contributed by atoms with Crippen LogP contribution in [0.25, 0.3) is 0 Å². The van der Waals surface area contributed by atoms with Crippen molar-refractivity contribution in [2.24, 2.45) is 5.41 Å². The minimum atomic E-state index is -0.365. The first kappa shape index (κ1) is 14.7. The number of hydrogen-bond donors (Lipinski definition) is 2. The average Bonchev–Trinajstić information content (AvgIpc) is 2.28. The lowest BCUT2D eigenvalue weighted by atomic mass is 9.95. The number of hydrogen-bond acceptors (Lipinski definition) is 2. The Bertz CT molecular complexity index is 394. The molecule has 2 N–H and O–H groups in total. The molecule has 0 bridgehead atoms. The van der Waals surface area contributed by atoms with Crippen LogP contribution in [0.2, 0.25) is 0 Å². The number of benzene rings is 1. The fourth-order valence-electron chi connectivity index (χ4n) is 1.49. The van der Waals surface area contributed by atoms with Crippen LogP contribution in [0.1, 0.15) is 39.7 Å². The Morgan fingerprint density at radius 2 is 2.00 bits per heavy atom. The van der Waals surface area contributed by atoms with E-state index in [0.717, 1.165) is 25.2 Å². The molecule has 18 heavy (non-hydrogen) atoms. The summed E-state index contributed by atoms with van der Waals surface area (Å²) in [7, 11) is 0. The zero-order valence-electron chi connectivity index (χ0n) is 11.8. The lowest BCUT2D eigenvalue weighted by molar-refractivity contribution is -0.123. The molecule has 0 unspecified atom stereocenters. The van der Waals surface area contributed by atoms with E-state index in [4.69, 9.17) is 0 Å². The Kier molecular flexibility index (Phi) is 5.35. The molecule has 1 amide bonds. The summed E-state index contributed by atoms with van der Waals surface area (Å²) in [5.74, 6) is 0.0427. The molecule has 0 aromatic heterocycles. The summed E-state index contributed by atoms with van der Waals surface area (Å²) in [5.41, 5.74) is 1.69. The van der Waals surface area contributed by atoms with Crippen LogP contribution in [0, 0.1) is 5.41 Å². The molecule has 1 aromatic rings. The van der Waals surface area contributed by atoms with Crippen LogP contribution in [0.15, 0.2) is 24.3 Å². The summed E-state index contributed by atoms with van der Waals surface area (Å²) in [6.07, 6.45) is 1.13. The molecule has 0 aliphatic carbocycles. The van der Waals surface area contributed by atoms with Crippen LogP contribution in [0.3, 0.4) is 0 Å². The van der Waals surface area contributed by atoms with Crippen molar-refractivity contribution in [2.75, 3.05) is 11.9 Å². The first-order valence-electron chi connectivity index (χ1n) is 6.54. The van der Waals surface area contributed by atoms with Gasteiger partial charge in [-0.05, 0) is 30.7 Å². The molecule has 0 heterocycles. The van der Waals surface area contributed by atoms with Gasteiger partial charge in [0.1, 0.15) is 0 Å². The van der Waals surface area contributed by atoms with Gasteiger partial charge in [0.2, 0.25) is 5.91 Å². The van der Waals surface area contributed by atoms with Gasteiger partial charge < -0.3 is 10.6 Å². The van der Waals surface area contributed by atoms with Gasteiger partial charge in [-0.1, -0.05) is 39.8 Å². The predicted octanol–water partition coefficient (Wildman–Crippen LogP) is 3.17. The van der Waals surface area contributed by atoms with E-state index in [1.165, 1.54) is 5.56 Å². The van der Waals surface area contributed by atoms with Crippen molar-refractivity contribution in [1.82, 2.24) is 5.32 Å². The first-order valence-corrected chi connectivity index (χ1v) is 6.54. The second kappa shape index (κ2) is 6.55. The maximum Gasteiger partial charge on any atom is 0.229 e. The Hall–Kier alpha value is -1.35. The van der Waals surface area contributed by atoms with Crippen molar-refractivity contribution in [3.8, 4) is 0 Å². The Balaban J connectivity index is 2.62. The van der Waals surface area contributed by atoms with Gasteiger partial charge >= 0.3 is 0 Å². The third kappa shape index (κ3) is 4.88. The number of carbonyl (C=O) groups excluding carboxylic acids is 1. The monoisotopic (exact) mass is 248 g/mol. The van der Waals surface area contributed by atoms with Gasteiger partial charge in [0.05, 0.1) is 0 Å². The summed E-state index contributed by atoms with van der Waals surface area (Å²) < 4.78 is 0. The number of amides is 1. The maximum absolute atomic E-state index is 11.9. The molecule has 0 saturated carbocycles. The van der Waals surface area contributed by atoms with E-state index in [9.17, 15) is 4.79 Å². The largest absolute Gasteiger partial charge is 0.326 e. The molecule has 0 atom stereocenters. The number of carbonyl (C=O) groups is 1. The third-order valence-corrected chi connectivity index (χ3v) is 2.62. The highest BCUT2D eigenvalue weighted by atomic mass is 16.2. The van der Waals surface area contributed by atoms with Gasteiger partial charge in [-0.25, -0.2) is 0 Å². The lowest BCUT2D eigenvalue weighted by Gasteiger charge is -2.18. The quantitative estimate of drug-likeness (QED) is 0.786. The molecule has 1 aromatic carbocycles. The molecule has 0 radical (unpaired) electrons. The summed E-state index contributed by atoms with van der Waals surface area (Å²) in [5, 5.41) is 6.30. The van der Waals surface area contributed by atoms with Crippen molar-refractivity contribution in [3.63, 3.8) is 0 Å². The van der Waals surface area contributed by atoms with Gasteiger partial charge in [-0.15, -0.1) is 0 Å². The number of nitrogens with one attached hydrogen (secondary N) is 2. The van der Waals surface area contributed by atoms with Crippen molar-refractivity contribution >= 4 is 11.6 Å². The smallest absolute Gasteiger partial charge is 0.229 e. The van der Waals surface area contributed by atoms with Crippen molar-refractivity contribution < 1.29 is 4.79 Å². The summed E-state index contributed by atoms with van der Waals surface area (Å²) in [4.78, 5) is 11.9. The van der Waals surface area contributed by atoms with Gasteiger partial charge in [0.25, 0.3) is 0 Å². The zero-order chi connectivity index (χ0) is 13.6. The molecule has 1 rings (SSSR count). The Morgan fingerprint density at radius 3 is 2.61 bits per heavy atom. The molecule has 0 saturated heterocycles. The molecular formula is C15H24N2O. The molecule has 0 fully saturated rings. The van der Waals surface area contributed by atoms with Gasteiger partial charge in [-0.2, -0.15) is 0 Å². The van der Waals surface area contributed by atoms with Crippen molar-refractivity contribution in [2.45, 2.75) is 40.7 Å². The van der Waals surface area contributed by atoms with E-state index in [2.05, 4.69) is 23.6 Å². The van der Waals surface area contributed by atoms with E-state index in [-0.39, 0.29) is 11.3 Å². The summed E-state index contributed by atoms with van der Waals surface area (Å²) >= 11 is 0. The van der Waals surface area contributed by atoms with Gasteiger partial charge in [0, 0.05) is 17.6 Å². The van der Waals surface area contributed by atoms with Crippen molar-refractivity contribution in [1.29, 1.82) is 0 Å². The minimum Gasteiger partial charge on any atom is -0.326 e. The highest BCUT2D eigenvalue weighted by Crippen LogP contribution is 2.18. The van der Waals surface area contributed by atoms with Crippen molar-refractivity contribution in [3.05, 3.63) is 29.8 Å². The minimum absolute atomic E-state index is 0.0427. The SMILES string of the molecule is CCCNCc1cccc(NC(=O)C(C)(C)C)c1. The molecule has 3 heteroatoms. The van der Waals surface area contributed by atoms with E-state index in [1.807, 2.05) is 39.0 Å². The van der Waals surface area contributed by atoms with E-state index in [1.54, 1.807) is 0 Å². The third-order valence-electron chi connectivity index (χ3n) is 2.62. The molecule has 0 aliphatic heterocycles. The highest BCUT2D eigenvalue weighted by Gasteiger charge is 2.20. The molecular weight excluding hydrogens is 224 g/mol. The van der Waals surface area contributed by atoms with E-state index < -0.39 is 0 Å². The van der Waals surface area contributed by atoms with Crippen LogP contribution >= 0.6 is 0 Å². The summed E-state index contributed by atoms with van der Waals surface area (Å²) in [6.45, 7) is 9.73. The maximum atomic E-state index is 11.9. The van der Waals surface area contributed by atoms with Crippen LogP contribution < -0.4 is 10.6 Å². The molecule has 3 nitrogen and oxygen atoms in total. The van der Waals surface area contributed by atoms with Crippen LogP contribution in [-0.4, -0.2) is 12.5 Å². The summed E-state index contributed by atoms with van der Waals surface area (Å²) in [6, 6.07) is 7.98. The normalized spacial score (nSPS) is 11.3. The van der Waals surface area contributed by atoms with E-state index in [0.29, 0.717) is 0 Å². The van der Waals surface area contributed by atoms with Gasteiger partial charge in [0.15, 0.2) is 0 Å².